The van der Waals surface area contributed by atoms with Crippen LogP contribution in [0, 0.1) is 5.41 Å². The van der Waals surface area contributed by atoms with Crippen molar-refractivity contribution in [1.82, 2.24) is 15.0 Å². The number of nitrogens with zero attached hydrogens (tertiary/aromatic N) is 1. The summed E-state index contributed by atoms with van der Waals surface area (Å²) in [5.41, 5.74) is 8.43. The summed E-state index contributed by atoms with van der Waals surface area (Å²) in [6.07, 6.45) is 3.22. The minimum atomic E-state index is 0.109. The van der Waals surface area contributed by atoms with Gasteiger partial charge in [0.25, 0.3) is 0 Å². The average molecular weight is 453 g/mol. The van der Waals surface area contributed by atoms with Crippen molar-refractivity contribution in [1.29, 1.82) is 0 Å². The van der Waals surface area contributed by atoms with Crippen LogP contribution in [-0.4, -0.2) is 20.7 Å². The first kappa shape index (κ1) is 20.0. The number of aliphatic imine (C=N–C) groups is 1. The fraction of sp³-hybridized carbons (Fsp3) is 0.375. The molecule has 0 bridgehead atoms. The third kappa shape index (κ3) is 4.06. The van der Waals surface area contributed by atoms with Gasteiger partial charge in [0, 0.05) is 57.1 Å². The Morgan fingerprint density at radius 1 is 0.897 bits per heavy atom. The highest BCUT2D eigenvalue weighted by molar-refractivity contribution is 9.10. The Balaban J connectivity index is 1.53. The number of nitrogens with one attached hydrogen (secondary N) is 3. The largest absolute Gasteiger partial charge is 0.361 e. The van der Waals surface area contributed by atoms with Gasteiger partial charge >= 0.3 is 0 Å². The SMILES string of the molecule is CC1=N/C(=C/c2ccc(C(C)c3ccc(C(C)c4ccc(Br)[nH]4)[nH]3)[nH]2)C(C)(C)C1. The van der Waals surface area contributed by atoms with Crippen LogP contribution in [0.15, 0.2) is 51.7 Å². The molecule has 0 spiro atoms. The van der Waals surface area contributed by atoms with Crippen molar-refractivity contribution in [2.75, 3.05) is 0 Å². The summed E-state index contributed by atoms with van der Waals surface area (Å²) in [6.45, 7) is 11.1. The summed E-state index contributed by atoms with van der Waals surface area (Å²) < 4.78 is 1.01. The van der Waals surface area contributed by atoms with Crippen LogP contribution in [0.25, 0.3) is 6.08 Å². The van der Waals surface area contributed by atoms with E-state index in [2.05, 4.69) is 102 Å². The number of hydrogen-bond donors (Lipinski definition) is 3. The highest BCUT2D eigenvalue weighted by Crippen LogP contribution is 2.38. The molecule has 3 aromatic rings. The van der Waals surface area contributed by atoms with Gasteiger partial charge < -0.3 is 15.0 Å². The lowest BCUT2D eigenvalue weighted by Gasteiger charge is -2.17. The highest BCUT2D eigenvalue weighted by Gasteiger charge is 2.29. The maximum absolute atomic E-state index is 4.75. The predicted octanol–water partition coefficient (Wildman–Crippen LogP) is 6.97. The molecule has 2 unspecified atom stereocenters. The van der Waals surface area contributed by atoms with Crippen molar-refractivity contribution in [3.63, 3.8) is 0 Å². The minimum Gasteiger partial charge on any atom is -0.361 e. The fourth-order valence-electron chi connectivity index (χ4n) is 4.17. The number of hydrogen-bond acceptors (Lipinski definition) is 1. The number of aromatic amines is 3. The lowest BCUT2D eigenvalue weighted by molar-refractivity contribution is 0.487. The van der Waals surface area contributed by atoms with Gasteiger partial charge in [0.2, 0.25) is 0 Å². The quantitative estimate of drug-likeness (QED) is 0.374. The summed E-state index contributed by atoms with van der Waals surface area (Å²) in [7, 11) is 0. The van der Waals surface area contributed by atoms with Gasteiger partial charge in [-0.25, -0.2) is 0 Å². The van der Waals surface area contributed by atoms with Crippen molar-refractivity contribution in [2.24, 2.45) is 10.4 Å². The van der Waals surface area contributed by atoms with E-state index in [9.17, 15) is 0 Å². The van der Waals surface area contributed by atoms with E-state index in [0.717, 1.165) is 22.4 Å². The van der Waals surface area contributed by atoms with Crippen LogP contribution in [-0.2, 0) is 0 Å². The molecule has 0 fully saturated rings. The van der Waals surface area contributed by atoms with E-state index in [1.54, 1.807) is 0 Å². The molecule has 3 N–H and O–H groups in total. The first-order valence-electron chi connectivity index (χ1n) is 10.2. The normalized spacial score (nSPS) is 19.5. The van der Waals surface area contributed by atoms with Crippen LogP contribution in [0.4, 0.5) is 0 Å². The molecule has 0 saturated carbocycles. The maximum Gasteiger partial charge on any atom is 0.0822 e. The Bertz CT molecular complexity index is 1080. The van der Waals surface area contributed by atoms with Crippen LogP contribution in [0.5, 0.6) is 0 Å². The molecule has 0 aliphatic carbocycles. The molecule has 1 aliphatic heterocycles. The molecular formula is C24H29BrN4. The summed E-state index contributed by atoms with van der Waals surface area (Å²) >= 11 is 3.49. The van der Waals surface area contributed by atoms with Crippen LogP contribution in [0.3, 0.4) is 0 Å². The summed E-state index contributed by atoms with van der Waals surface area (Å²) in [5.74, 6) is 0.553. The molecule has 4 heterocycles. The van der Waals surface area contributed by atoms with Crippen molar-refractivity contribution >= 4 is 27.7 Å². The zero-order chi connectivity index (χ0) is 20.8. The number of halogens is 1. The lowest BCUT2D eigenvalue weighted by Crippen LogP contribution is -2.09. The smallest absolute Gasteiger partial charge is 0.0822 e. The fourth-order valence-corrected chi connectivity index (χ4v) is 4.54. The van der Waals surface area contributed by atoms with E-state index >= 15 is 0 Å². The van der Waals surface area contributed by atoms with Gasteiger partial charge in [-0.05, 0) is 71.7 Å². The minimum absolute atomic E-state index is 0.109. The van der Waals surface area contributed by atoms with E-state index in [4.69, 9.17) is 4.99 Å². The van der Waals surface area contributed by atoms with Crippen LogP contribution >= 0.6 is 15.9 Å². The monoisotopic (exact) mass is 452 g/mol. The molecule has 0 amide bonds. The molecule has 2 atom stereocenters. The topological polar surface area (TPSA) is 59.7 Å². The molecular weight excluding hydrogens is 424 g/mol. The first-order chi connectivity index (χ1) is 13.7. The standard InChI is InChI=1S/C24H29BrN4/c1-14-13-24(4,5)22(26-14)12-17-6-7-18(27-17)15(2)19-8-9-20(28-19)16(3)21-10-11-23(25)29-21/h6-12,15-16,27-29H,13H2,1-5H3/b22-12+. The second-order valence-corrected chi connectivity index (χ2v) is 9.73. The zero-order valence-electron chi connectivity index (χ0n) is 17.7. The molecule has 3 aromatic heterocycles. The molecule has 0 radical (unpaired) electrons. The van der Waals surface area contributed by atoms with Gasteiger partial charge in [-0.3, -0.25) is 4.99 Å². The van der Waals surface area contributed by atoms with Crippen molar-refractivity contribution in [3.05, 3.63) is 75.2 Å². The lowest BCUT2D eigenvalue weighted by atomic mass is 9.86. The average Bonchev–Trinajstić information content (AvgIpc) is 3.42. The summed E-state index contributed by atoms with van der Waals surface area (Å²) in [6, 6.07) is 12.9. The van der Waals surface area contributed by atoms with E-state index in [1.165, 1.54) is 28.5 Å². The van der Waals surface area contributed by atoms with Gasteiger partial charge in [0.05, 0.1) is 4.60 Å². The Morgan fingerprint density at radius 2 is 1.45 bits per heavy atom. The molecule has 4 nitrogen and oxygen atoms in total. The summed E-state index contributed by atoms with van der Waals surface area (Å²) in [4.78, 5) is 15.3. The van der Waals surface area contributed by atoms with Gasteiger partial charge in [0.1, 0.15) is 0 Å². The number of H-pyrrole nitrogens is 3. The number of allylic oxidation sites excluding steroid dienone is 1. The first-order valence-corrected chi connectivity index (χ1v) is 11.0. The molecule has 152 valence electrons. The zero-order valence-corrected chi connectivity index (χ0v) is 19.3. The molecule has 5 heteroatoms. The molecule has 0 saturated heterocycles. The Hall–Kier alpha value is -2.27. The van der Waals surface area contributed by atoms with Crippen LogP contribution < -0.4 is 0 Å². The number of rotatable bonds is 5. The number of aromatic nitrogens is 3. The Kier molecular flexibility index (Phi) is 5.19. The predicted molar refractivity (Wildman–Crippen MR) is 125 cm³/mol. The van der Waals surface area contributed by atoms with Crippen LogP contribution in [0.1, 0.15) is 81.3 Å². The van der Waals surface area contributed by atoms with Crippen molar-refractivity contribution < 1.29 is 0 Å². The molecule has 4 rings (SSSR count). The maximum atomic E-state index is 4.75. The Labute approximate surface area is 181 Å². The van der Waals surface area contributed by atoms with E-state index in [0.29, 0.717) is 0 Å². The van der Waals surface area contributed by atoms with E-state index < -0.39 is 0 Å². The van der Waals surface area contributed by atoms with E-state index in [-0.39, 0.29) is 17.3 Å². The van der Waals surface area contributed by atoms with Gasteiger partial charge in [0.15, 0.2) is 0 Å². The second kappa shape index (κ2) is 7.52. The third-order valence-corrected chi connectivity index (χ3v) is 6.46. The molecule has 0 aromatic carbocycles. The van der Waals surface area contributed by atoms with Crippen LogP contribution in [0.2, 0.25) is 0 Å². The van der Waals surface area contributed by atoms with Gasteiger partial charge in [-0.15, -0.1) is 0 Å². The second-order valence-electron chi connectivity index (χ2n) is 8.88. The van der Waals surface area contributed by atoms with Crippen molar-refractivity contribution in [2.45, 2.75) is 52.9 Å². The Morgan fingerprint density at radius 3 is 2.00 bits per heavy atom. The van der Waals surface area contributed by atoms with Gasteiger partial charge in [-0.2, -0.15) is 0 Å². The van der Waals surface area contributed by atoms with E-state index in [1.807, 2.05) is 6.07 Å². The summed E-state index contributed by atoms with van der Waals surface area (Å²) in [5, 5.41) is 0. The van der Waals surface area contributed by atoms with Gasteiger partial charge in [-0.1, -0.05) is 27.7 Å². The van der Waals surface area contributed by atoms with Crippen molar-refractivity contribution in [3.8, 4) is 0 Å². The molecule has 1 aliphatic rings. The third-order valence-electron chi connectivity index (χ3n) is 6.00. The highest BCUT2D eigenvalue weighted by atomic mass is 79.9. The molecule has 29 heavy (non-hydrogen) atoms.